The van der Waals surface area contributed by atoms with Gasteiger partial charge in [0.25, 0.3) is 0 Å². The highest BCUT2D eigenvalue weighted by Gasteiger charge is 2.31. The highest BCUT2D eigenvalue weighted by atomic mass is 16.5. The Morgan fingerprint density at radius 3 is 0.971 bits per heavy atom. The minimum Gasteiger partial charge on any atom is -0.507 e. The lowest BCUT2D eigenvalue weighted by Crippen LogP contribution is -2.21. The minimum absolute atomic E-state index is 0.0319. The van der Waals surface area contributed by atoms with Crippen LogP contribution >= 0.6 is 0 Å². The number of methoxy groups -OCH3 is 1. The Morgan fingerprint density at radius 2 is 0.794 bits per heavy atom. The molecular formula is C31H48O3. The van der Waals surface area contributed by atoms with E-state index in [1.54, 1.807) is 7.11 Å². The maximum absolute atomic E-state index is 11.2. The Labute approximate surface area is 208 Å². The number of ether oxygens (including phenoxy) is 1. The second-order valence-electron chi connectivity index (χ2n) is 13.9. The molecule has 190 valence electrons. The van der Waals surface area contributed by atoms with Crippen LogP contribution in [0.5, 0.6) is 11.5 Å². The van der Waals surface area contributed by atoms with Crippen LogP contribution in [0.4, 0.5) is 0 Å². The second kappa shape index (κ2) is 9.22. The predicted octanol–water partition coefficient (Wildman–Crippen LogP) is 8.07. The van der Waals surface area contributed by atoms with E-state index in [4.69, 9.17) is 4.74 Å². The number of hydrogen-bond donors (Lipinski definition) is 2. The lowest BCUT2D eigenvalue weighted by atomic mass is 9.74. The van der Waals surface area contributed by atoms with Crippen molar-refractivity contribution in [2.45, 2.75) is 111 Å². The van der Waals surface area contributed by atoms with Crippen LogP contribution in [0.1, 0.15) is 122 Å². The molecule has 0 aliphatic carbocycles. The number of rotatable bonds is 4. The molecule has 0 saturated carbocycles. The van der Waals surface area contributed by atoms with Crippen LogP contribution in [0.15, 0.2) is 24.3 Å². The zero-order valence-electron chi connectivity index (χ0n) is 23.9. The zero-order chi connectivity index (χ0) is 26.4. The van der Waals surface area contributed by atoms with Gasteiger partial charge in [-0.3, -0.25) is 0 Å². The molecule has 0 aromatic heterocycles. The molecule has 0 radical (unpaired) electrons. The van der Waals surface area contributed by atoms with E-state index in [0.717, 1.165) is 33.4 Å². The maximum atomic E-state index is 11.2. The number of hydrogen-bond acceptors (Lipinski definition) is 3. The average Bonchev–Trinajstić information content (AvgIpc) is 2.63. The zero-order valence-corrected chi connectivity index (χ0v) is 23.9. The van der Waals surface area contributed by atoms with Gasteiger partial charge in [0, 0.05) is 13.0 Å². The van der Waals surface area contributed by atoms with Crippen molar-refractivity contribution in [3.8, 4) is 11.5 Å². The third kappa shape index (κ3) is 5.97. The lowest BCUT2D eigenvalue weighted by molar-refractivity contribution is 0.189. The summed E-state index contributed by atoms with van der Waals surface area (Å²) in [6, 6.07) is 8.59. The van der Waals surface area contributed by atoms with E-state index >= 15 is 0 Å². The third-order valence-corrected chi connectivity index (χ3v) is 6.63. The van der Waals surface area contributed by atoms with Crippen molar-refractivity contribution < 1.29 is 14.9 Å². The maximum Gasteiger partial charge on any atom is 0.123 e. The number of phenolic OH excluding ortho intramolecular Hbond substituents is 2. The predicted molar refractivity (Wildman–Crippen MR) is 145 cm³/mol. The number of aromatic hydroxyl groups is 2. The Kier molecular flexibility index (Phi) is 7.66. The summed E-state index contributed by atoms with van der Waals surface area (Å²) >= 11 is 0. The molecule has 0 saturated heterocycles. The largest absolute Gasteiger partial charge is 0.507 e. The molecule has 0 aliphatic rings. The van der Waals surface area contributed by atoms with Gasteiger partial charge in [0.15, 0.2) is 0 Å². The van der Waals surface area contributed by atoms with Crippen LogP contribution in [-0.2, 0) is 26.4 Å². The van der Waals surface area contributed by atoms with Crippen molar-refractivity contribution in [2.24, 2.45) is 0 Å². The van der Waals surface area contributed by atoms with Crippen molar-refractivity contribution in [1.82, 2.24) is 0 Å². The highest BCUT2D eigenvalue weighted by Crippen LogP contribution is 2.45. The number of phenols is 2. The monoisotopic (exact) mass is 468 g/mol. The molecule has 0 amide bonds. The fraction of sp³-hybridized carbons (Fsp3) is 0.613. The van der Waals surface area contributed by atoms with Crippen LogP contribution in [0, 0.1) is 0 Å². The SMILES string of the molecule is COCC(c1cc(C(C)(C)C)c(O)c(C(C)(C)C)c1)c1cc(C(C)(C)C)c(O)c(C(C)(C)C)c1. The van der Waals surface area contributed by atoms with E-state index in [1.807, 2.05) is 0 Å². The summed E-state index contributed by atoms with van der Waals surface area (Å²) in [5, 5.41) is 22.5. The molecule has 2 aromatic rings. The van der Waals surface area contributed by atoms with E-state index in [1.165, 1.54) is 0 Å². The molecule has 0 aliphatic heterocycles. The smallest absolute Gasteiger partial charge is 0.123 e. The van der Waals surface area contributed by atoms with Crippen molar-refractivity contribution in [3.63, 3.8) is 0 Å². The Morgan fingerprint density at radius 1 is 0.559 bits per heavy atom. The molecule has 2 aromatic carbocycles. The molecule has 0 bridgehead atoms. The summed E-state index contributed by atoms with van der Waals surface area (Å²) in [6.07, 6.45) is 0. The molecule has 3 nitrogen and oxygen atoms in total. The van der Waals surface area contributed by atoms with Crippen molar-refractivity contribution in [2.75, 3.05) is 13.7 Å². The molecule has 2 N–H and O–H groups in total. The van der Waals surface area contributed by atoms with Crippen molar-refractivity contribution in [3.05, 3.63) is 57.6 Å². The van der Waals surface area contributed by atoms with Gasteiger partial charge in [-0.2, -0.15) is 0 Å². The van der Waals surface area contributed by atoms with Crippen LogP contribution in [-0.4, -0.2) is 23.9 Å². The molecule has 2 rings (SSSR count). The highest BCUT2D eigenvalue weighted by molar-refractivity contribution is 5.55. The lowest BCUT2D eigenvalue weighted by Gasteiger charge is -2.32. The van der Waals surface area contributed by atoms with Gasteiger partial charge in [0.2, 0.25) is 0 Å². The van der Waals surface area contributed by atoms with E-state index in [9.17, 15) is 10.2 Å². The summed E-state index contributed by atoms with van der Waals surface area (Å²) in [7, 11) is 1.73. The first-order chi connectivity index (χ1) is 15.2. The molecule has 0 fully saturated rings. The fourth-order valence-electron chi connectivity index (χ4n) is 4.55. The summed E-state index contributed by atoms with van der Waals surface area (Å²) in [5.41, 5.74) is 5.20. The van der Waals surface area contributed by atoms with E-state index < -0.39 is 0 Å². The van der Waals surface area contributed by atoms with Gasteiger partial charge in [-0.25, -0.2) is 0 Å². The summed E-state index contributed by atoms with van der Waals surface area (Å²) in [6.45, 7) is 26.2. The summed E-state index contributed by atoms with van der Waals surface area (Å²) < 4.78 is 5.75. The van der Waals surface area contributed by atoms with Gasteiger partial charge in [0.05, 0.1) is 6.61 Å². The van der Waals surface area contributed by atoms with Crippen LogP contribution < -0.4 is 0 Å². The van der Waals surface area contributed by atoms with Gasteiger partial charge >= 0.3 is 0 Å². The van der Waals surface area contributed by atoms with Crippen molar-refractivity contribution in [1.29, 1.82) is 0 Å². The Hall–Kier alpha value is -2.00. The first-order valence-electron chi connectivity index (χ1n) is 12.4. The van der Waals surface area contributed by atoms with E-state index in [0.29, 0.717) is 18.1 Å². The van der Waals surface area contributed by atoms with Gasteiger partial charge < -0.3 is 14.9 Å². The van der Waals surface area contributed by atoms with Crippen LogP contribution in [0.25, 0.3) is 0 Å². The summed E-state index contributed by atoms with van der Waals surface area (Å²) in [4.78, 5) is 0. The molecule has 0 heterocycles. The topological polar surface area (TPSA) is 49.7 Å². The van der Waals surface area contributed by atoms with Gasteiger partial charge in [0.1, 0.15) is 11.5 Å². The molecule has 3 heteroatoms. The first-order valence-corrected chi connectivity index (χ1v) is 12.4. The molecule has 34 heavy (non-hydrogen) atoms. The fourth-order valence-corrected chi connectivity index (χ4v) is 4.55. The quantitative estimate of drug-likeness (QED) is 0.477. The van der Waals surface area contributed by atoms with Crippen LogP contribution in [0.3, 0.4) is 0 Å². The third-order valence-electron chi connectivity index (χ3n) is 6.63. The number of benzene rings is 2. The second-order valence-corrected chi connectivity index (χ2v) is 13.9. The van der Waals surface area contributed by atoms with Gasteiger partial charge in [-0.15, -0.1) is 0 Å². The Balaban J connectivity index is 2.94. The molecule has 0 atom stereocenters. The van der Waals surface area contributed by atoms with Crippen LogP contribution in [0.2, 0.25) is 0 Å². The normalized spacial score (nSPS) is 13.6. The molecular weight excluding hydrogens is 420 g/mol. The minimum atomic E-state index is -0.209. The standard InChI is InChI=1S/C31H48O3/c1-28(2,3)22-14-19(15-23(26(22)32)29(4,5)6)21(18-34-13)20-16-24(30(7,8)9)27(33)25(17-20)31(10,11)12/h14-17,21,32-33H,18H2,1-13H3. The van der Waals surface area contributed by atoms with Gasteiger partial charge in [-0.1, -0.05) is 107 Å². The van der Waals surface area contributed by atoms with E-state index in [-0.39, 0.29) is 27.6 Å². The van der Waals surface area contributed by atoms with Gasteiger partial charge in [-0.05, 0) is 55.0 Å². The molecule has 0 spiro atoms. The first kappa shape index (κ1) is 28.2. The average molecular weight is 469 g/mol. The summed E-state index contributed by atoms with van der Waals surface area (Å²) in [5.74, 6) is 0.739. The van der Waals surface area contributed by atoms with Crippen molar-refractivity contribution >= 4 is 0 Å². The Bertz CT molecular complexity index is 867. The molecule has 0 unspecified atom stereocenters. The van der Waals surface area contributed by atoms with E-state index in [2.05, 4.69) is 107 Å².